The summed E-state index contributed by atoms with van der Waals surface area (Å²) >= 11 is 0. The van der Waals surface area contributed by atoms with Gasteiger partial charge in [-0.3, -0.25) is 15.1 Å². The van der Waals surface area contributed by atoms with Crippen LogP contribution in [0.15, 0.2) is 55.0 Å². The zero-order valence-electron chi connectivity index (χ0n) is 13.3. The number of benzene rings is 1. The fourth-order valence-corrected chi connectivity index (χ4v) is 2.77. The Kier molecular flexibility index (Phi) is 4.83. The monoisotopic (exact) mass is 307 g/mol. The Bertz CT molecular complexity index is 724. The third-order valence-corrected chi connectivity index (χ3v) is 4.08. The van der Waals surface area contributed by atoms with Crippen molar-refractivity contribution < 1.29 is 4.79 Å². The molecule has 0 aliphatic carbocycles. The average Bonchev–Trinajstić information content (AvgIpc) is 2.63. The van der Waals surface area contributed by atoms with E-state index in [1.165, 1.54) is 5.56 Å². The molecule has 4 nitrogen and oxygen atoms in total. The standard InChI is InChI=1S/C19H21N3O/c1-2-14-5-3-6-15(11-14)18(23)12-16-13-20-10-7-17(16)19-21-8-4-9-22-19/h3-8,10-11,13,19,21-22H,2,9,12H2,1H3. The lowest BCUT2D eigenvalue weighted by Crippen LogP contribution is -2.35. The average molecular weight is 307 g/mol. The summed E-state index contributed by atoms with van der Waals surface area (Å²) in [6, 6.07) is 9.84. The summed E-state index contributed by atoms with van der Waals surface area (Å²) < 4.78 is 0. The highest BCUT2D eigenvalue weighted by Gasteiger charge is 2.17. The van der Waals surface area contributed by atoms with Crippen LogP contribution >= 0.6 is 0 Å². The molecule has 0 spiro atoms. The second kappa shape index (κ2) is 7.20. The fourth-order valence-electron chi connectivity index (χ4n) is 2.77. The van der Waals surface area contributed by atoms with Crippen LogP contribution in [0.1, 0.15) is 40.1 Å². The number of carbonyl (C=O) groups excluding carboxylic acids is 1. The van der Waals surface area contributed by atoms with Crippen LogP contribution in [-0.4, -0.2) is 17.3 Å². The number of pyridine rings is 1. The number of aryl methyl sites for hydroxylation is 1. The molecular weight excluding hydrogens is 286 g/mol. The number of aromatic nitrogens is 1. The number of nitrogens with one attached hydrogen (secondary N) is 2. The van der Waals surface area contributed by atoms with Crippen LogP contribution in [0.5, 0.6) is 0 Å². The molecule has 1 aromatic heterocycles. The quantitative estimate of drug-likeness (QED) is 0.834. The van der Waals surface area contributed by atoms with Gasteiger partial charge in [-0.25, -0.2) is 0 Å². The summed E-state index contributed by atoms with van der Waals surface area (Å²) in [4.78, 5) is 16.8. The van der Waals surface area contributed by atoms with Gasteiger partial charge in [-0.2, -0.15) is 0 Å². The van der Waals surface area contributed by atoms with E-state index in [9.17, 15) is 4.79 Å². The molecule has 1 aliphatic rings. The van der Waals surface area contributed by atoms with E-state index in [0.717, 1.165) is 29.7 Å². The molecule has 1 aliphatic heterocycles. The normalized spacial score (nSPS) is 16.8. The van der Waals surface area contributed by atoms with Crippen molar-refractivity contribution >= 4 is 5.78 Å². The highest BCUT2D eigenvalue weighted by atomic mass is 16.1. The molecule has 0 saturated heterocycles. The van der Waals surface area contributed by atoms with Crippen LogP contribution in [-0.2, 0) is 12.8 Å². The predicted octanol–water partition coefficient (Wildman–Crippen LogP) is 2.77. The molecule has 0 fully saturated rings. The topological polar surface area (TPSA) is 54.0 Å². The van der Waals surface area contributed by atoms with E-state index in [1.807, 2.05) is 36.5 Å². The van der Waals surface area contributed by atoms with Gasteiger partial charge in [-0.05, 0) is 41.4 Å². The molecule has 2 heterocycles. The minimum Gasteiger partial charge on any atom is -0.372 e. The summed E-state index contributed by atoms with van der Waals surface area (Å²) in [7, 11) is 0. The zero-order chi connectivity index (χ0) is 16.1. The van der Waals surface area contributed by atoms with Crippen molar-refractivity contribution in [3.05, 3.63) is 77.3 Å². The molecular formula is C19H21N3O. The number of nitrogens with zero attached hydrogens (tertiary/aromatic N) is 1. The van der Waals surface area contributed by atoms with Crippen LogP contribution in [0, 0.1) is 0 Å². The van der Waals surface area contributed by atoms with Crippen molar-refractivity contribution in [3.8, 4) is 0 Å². The number of hydrogen-bond acceptors (Lipinski definition) is 4. The minimum absolute atomic E-state index is 0.0211. The van der Waals surface area contributed by atoms with Crippen molar-refractivity contribution in [3.63, 3.8) is 0 Å². The molecule has 0 radical (unpaired) electrons. The molecule has 118 valence electrons. The van der Waals surface area contributed by atoms with Crippen LogP contribution in [0.3, 0.4) is 0 Å². The first kappa shape index (κ1) is 15.4. The van der Waals surface area contributed by atoms with Crippen molar-refractivity contribution in [1.29, 1.82) is 0 Å². The fraction of sp³-hybridized carbons (Fsp3) is 0.263. The SMILES string of the molecule is CCc1cccc(C(=O)Cc2cnccc2C2NC=CCN2)c1. The molecule has 0 amide bonds. The first-order chi connectivity index (χ1) is 11.3. The third kappa shape index (κ3) is 3.66. The molecule has 0 bridgehead atoms. The van der Waals surface area contributed by atoms with Gasteiger partial charge in [-0.1, -0.05) is 31.2 Å². The van der Waals surface area contributed by atoms with E-state index in [4.69, 9.17) is 0 Å². The number of carbonyl (C=O) groups is 1. The molecule has 1 atom stereocenters. The largest absolute Gasteiger partial charge is 0.372 e. The highest BCUT2D eigenvalue weighted by Crippen LogP contribution is 2.19. The number of Topliss-reactive ketones (excluding diaryl/α,β-unsaturated/α-hetero) is 1. The molecule has 3 rings (SSSR count). The molecule has 23 heavy (non-hydrogen) atoms. The van der Waals surface area contributed by atoms with Crippen molar-refractivity contribution in [2.45, 2.75) is 25.9 Å². The van der Waals surface area contributed by atoms with E-state index in [-0.39, 0.29) is 11.9 Å². The van der Waals surface area contributed by atoms with Gasteiger partial charge in [0.05, 0.1) is 0 Å². The predicted molar refractivity (Wildman–Crippen MR) is 91.1 cm³/mol. The number of rotatable bonds is 5. The molecule has 1 aromatic carbocycles. The summed E-state index contributed by atoms with van der Waals surface area (Å²) in [6.07, 6.45) is 8.84. The maximum Gasteiger partial charge on any atom is 0.167 e. The molecule has 2 aromatic rings. The van der Waals surface area contributed by atoms with E-state index in [0.29, 0.717) is 6.42 Å². The smallest absolute Gasteiger partial charge is 0.167 e. The van der Waals surface area contributed by atoms with Gasteiger partial charge >= 0.3 is 0 Å². The van der Waals surface area contributed by atoms with E-state index < -0.39 is 0 Å². The summed E-state index contributed by atoms with van der Waals surface area (Å²) in [6.45, 7) is 2.91. The second-order valence-electron chi connectivity index (χ2n) is 5.64. The first-order valence-electron chi connectivity index (χ1n) is 7.97. The van der Waals surface area contributed by atoms with Crippen LogP contribution in [0.25, 0.3) is 0 Å². The van der Waals surface area contributed by atoms with Gasteiger partial charge in [-0.15, -0.1) is 0 Å². The highest BCUT2D eigenvalue weighted by molar-refractivity contribution is 5.97. The minimum atomic E-state index is 0.0211. The maximum absolute atomic E-state index is 12.6. The van der Waals surface area contributed by atoms with Crippen molar-refractivity contribution in [1.82, 2.24) is 15.6 Å². The summed E-state index contributed by atoms with van der Waals surface area (Å²) in [5, 5.41) is 6.65. The summed E-state index contributed by atoms with van der Waals surface area (Å²) in [5.41, 5.74) is 3.98. The van der Waals surface area contributed by atoms with Crippen LogP contribution < -0.4 is 10.6 Å². The van der Waals surface area contributed by atoms with Gasteiger partial charge in [0.1, 0.15) is 6.17 Å². The molecule has 4 heteroatoms. The lowest BCUT2D eigenvalue weighted by Gasteiger charge is -2.24. The van der Waals surface area contributed by atoms with E-state index in [1.54, 1.807) is 12.4 Å². The van der Waals surface area contributed by atoms with Crippen molar-refractivity contribution in [2.24, 2.45) is 0 Å². The lowest BCUT2D eigenvalue weighted by atomic mass is 9.97. The van der Waals surface area contributed by atoms with Gasteiger partial charge < -0.3 is 5.32 Å². The van der Waals surface area contributed by atoms with E-state index >= 15 is 0 Å². The van der Waals surface area contributed by atoms with Crippen LogP contribution in [0.2, 0.25) is 0 Å². The molecule has 1 unspecified atom stereocenters. The molecule has 0 saturated carbocycles. The Labute approximate surface area is 136 Å². The Hall–Kier alpha value is -2.46. The Morgan fingerprint density at radius 1 is 1.35 bits per heavy atom. The summed E-state index contributed by atoms with van der Waals surface area (Å²) in [5.74, 6) is 0.126. The Balaban J connectivity index is 1.82. The second-order valence-corrected chi connectivity index (χ2v) is 5.64. The number of ketones is 1. The Morgan fingerprint density at radius 2 is 2.26 bits per heavy atom. The van der Waals surface area contributed by atoms with Crippen LogP contribution in [0.4, 0.5) is 0 Å². The third-order valence-electron chi connectivity index (χ3n) is 4.08. The van der Waals surface area contributed by atoms with Gasteiger partial charge in [0.2, 0.25) is 0 Å². The number of hydrogen-bond donors (Lipinski definition) is 2. The first-order valence-corrected chi connectivity index (χ1v) is 7.97. The van der Waals surface area contributed by atoms with Crippen molar-refractivity contribution in [2.75, 3.05) is 6.54 Å². The van der Waals surface area contributed by atoms with E-state index in [2.05, 4.69) is 28.6 Å². The maximum atomic E-state index is 12.6. The zero-order valence-corrected chi connectivity index (χ0v) is 13.3. The molecule has 2 N–H and O–H groups in total. The van der Waals surface area contributed by atoms with Gasteiger partial charge in [0.15, 0.2) is 5.78 Å². The Morgan fingerprint density at radius 3 is 3.04 bits per heavy atom. The van der Waals surface area contributed by atoms with Gasteiger partial charge in [0.25, 0.3) is 0 Å². The lowest BCUT2D eigenvalue weighted by molar-refractivity contribution is 0.0992. The van der Waals surface area contributed by atoms with Gasteiger partial charge in [0, 0.05) is 30.9 Å².